The van der Waals surface area contributed by atoms with E-state index in [0.29, 0.717) is 24.0 Å². The summed E-state index contributed by atoms with van der Waals surface area (Å²) in [6.45, 7) is 2.48. The number of aromatic hydroxyl groups is 1. The maximum atomic E-state index is 12.8. The third-order valence-electron chi connectivity index (χ3n) is 5.39. The molecule has 4 rings (SSSR count). The Morgan fingerprint density at radius 3 is 2.72 bits per heavy atom. The summed E-state index contributed by atoms with van der Waals surface area (Å²) < 4.78 is 5.27. The van der Waals surface area contributed by atoms with Gasteiger partial charge in [0.15, 0.2) is 0 Å². The highest BCUT2D eigenvalue weighted by Crippen LogP contribution is 2.38. The van der Waals surface area contributed by atoms with Gasteiger partial charge in [-0.25, -0.2) is 4.98 Å². The molecule has 2 heterocycles. The van der Waals surface area contributed by atoms with Crippen LogP contribution in [-0.4, -0.2) is 34.6 Å². The number of thiazole rings is 1. The minimum atomic E-state index is -0.325. The average molecular weight is 448 g/mol. The third kappa shape index (κ3) is 4.89. The number of pyridine rings is 1. The van der Waals surface area contributed by atoms with Gasteiger partial charge in [-0.1, -0.05) is 30.3 Å². The van der Waals surface area contributed by atoms with Crippen molar-refractivity contribution in [2.45, 2.75) is 25.7 Å². The topological polar surface area (TPSA) is 84.3 Å². The first-order valence-corrected chi connectivity index (χ1v) is 11.3. The molecule has 1 unspecified atom stereocenters. The van der Waals surface area contributed by atoms with E-state index < -0.39 is 0 Å². The van der Waals surface area contributed by atoms with Gasteiger partial charge in [-0.3, -0.25) is 9.78 Å². The lowest BCUT2D eigenvalue weighted by molar-refractivity contribution is -0.121. The smallest absolute Gasteiger partial charge is 0.220 e. The van der Waals surface area contributed by atoms with Crippen molar-refractivity contribution >= 4 is 28.1 Å². The molecule has 0 spiro atoms. The summed E-state index contributed by atoms with van der Waals surface area (Å²) >= 11 is 1.60. The molecule has 0 fully saturated rings. The van der Waals surface area contributed by atoms with Gasteiger partial charge in [0.2, 0.25) is 5.91 Å². The van der Waals surface area contributed by atoms with E-state index in [4.69, 9.17) is 4.74 Å². The Kier molecular flexibility index (Phi) is 6.66. The van der Waals surface area contributed by atoms with Crippen LogP contribution in [0.15, 0.2) is 60.1 Å². The molecule has 32 heavy (non-hydrogen) atoms. The number of aromatic nitrogens is 2. The van der Waals surface area contributed by atoms with Crippen molar-refractivity contribution < 1.29 is 14.6 Å². The first-order valence-electron chi connectivity index (χ1n) is 10.4. The number of ether oxygens (including phenoxy) is 1. The van der Waals surface area contributed by atoms with Gasteiger partial charge in [-0.05, 0) is 30.7 Å². The van der Waals surface area contributed by atoms with Gasteiger partial charge < -0.3 is 15.2 Å². The molecule has 2 aromatic heterocycles. The number of nitrogens with one attached hydrogen (secondary N) is 1. The number of amides is 1. The second-order valence-electron chi connectivity index (χ2n) is 7.59. The van der Waals surface area contributed by atoms with Crippen LogP contribution in [0.2, 0.25) is 0 Å². The van der Waals surface area contributed by atoms with Gasteiger partial charge in [0.05, 0.1) is 12.1 Å². The number of nitrogens with zero attached hydrogens (tertiary/aromatic N) is 2. The van der Waals surface area contributed by atoms with E-state index in [1.807, 2.05) is 60.8 Å². The lowest BCUT2D eigenvalue weighted by Crippen LogP contribution is -2.27. The van der Waals surface area contributed by atoms with Crippen LogP contribution in [0.5, 0.6) is 11.5 Å². The van der Waals surface area contributed by atoms with Gasteiger partial charge in [0.25, 0.3) is 0 Å². The number of phenolic OH excluding ortho intramolecular Hbond substituents is 1. The summed E-state index contributed by atoms with van der Waals surface area (Å²) in [5, 5.41) is 17.9. The molecule has 7 heteroatoms. The molecule has 1 atom stereocenters. The Morgan fingerprint density at radius 1 is 1.19 bits per heavy atom. The van der Waals surface area contributed by atoms with E-state index in [-0.39, 0.29) is 24.0 Å². The van der Waals surface area contributed by atoms with Crippen LogP contribution < -0.4 is 10.1 Å². The van der Waals surface area contributed by atoms with E-state index in [1.165, 1.54) is 0 Å². The average Bonchev–Trinajstić information content (AvgIpc) is 3.23. The molecule has 0 radical (unpaired) electrons. The fraction of sp³-hybridized carbons (Fsp3) is 0.240. The molecule has 164 valence electrons. The summed E-state index contributed by atoms with van der Waals surface area (Å²) in [5.74, 6) is 0.434. The molecule has 0 aliphatic heterocycles. The summed E-state index contributed by atoms with van der Waals surface area (Å²) in [6, 6.07) is 15.1. The van der Waals surface area contributed by atoms with E-state index in [9.17, 15) is 9.90 Å². The maximum absolute atomic E-state index is 12.8. The molecule has 0 aliphatic rings. The van der Waals surface area contributed by atoms with Crippen LogP contribution in [0, 0.1) is 6.92 Å². The molecule has 2 aromatic carbocycles. The number of hydrogen-bond acceptors (Lipinski definition) is 6. The molecular formula is C25H25N3O3S. The third-order valence-corrected chi connectivity index (χ3v) is 6.42. The summed E-state index contributed by atoms with van der Waals surface area (Å²) in [7, 11) is 1.62. The molecule has 4 aromatic rings. The first kappa shape index (κ1) is 21.8. The van der Waals surface area contributed by atoms with Gasteiger partial charge in [-0.15, -0.1) is 11.3 Å². The Labute approximate surface area is 190 Å². The second-order valence-corrected chi connectivity index (χ2v) is 8.53. The Bertz CT molecular complexity index is 1220. The number of methoxy groups -OCH3 is 1. The van der Waals surface area contributed by atoms with Crippen molar-refractivity contribution in [3.63, 3.8) is 0 Å². The van der Waals surface area contributed by atoms with Crippen LogP contribution in [-0.2, 0) is 11.2 Å². The minimum Gasteiger partial charge on any atom is -0.505 e. The standard InChI is InChI=1S/C25H25N3O3S/c1-16-15-32-23(28-16)11-13-26-22(29)14-21(17-5-8-19(31-2)9-6-17)20-10-7-18-4-3-12-27-24(18)25(20)30/h3-10,12,15,21,30H,11,13-14H2,1-2H3,(H,26,29). The van der Waals surface area contributed by atoms with E-state index in [2.05, 4.69) is 15.3 Å². The maximum Gasteiger partial charge on any atom is 0.220 e. The number of carbonyl (C=O) groups is 1. The van der Waals surface area contributed by atoms with E-state index >= 15 is 0 Å². The number of rotatable bonds is 8. The summed E-state index contributed by atoms with van der Waals surface area (Å²) in [4.78, 5) is 21.6. The highest BCUT2D eigenvalue weighted by molar-refractivity contribution is 7.09. The number of hydrogen-bond donors (Lipinski definition) is 2. The molecular weight excluding hydrogens is 422 g/mol. The Morgan fingerprint density at radius 2 is 2.00 bits per heavy atom. The van der Waals surface area contributed by atoms with Crippen LogP contribution in [0.3, 0.4) is 0 Å². The summed E-state index contributed by atoms with van der Waals surface area (Å²) in [5.41, 5.74) is 3.12. The van der Waals surface area contributed by atoms with Gasteiger partial charge >= 0.3 is 0 Å². The normalized spacial score (nSPS) is 11.9. The zero-order valence-corrected chi connectivity index (χ0v) is 18.9. The van der Waals surface area contributed by atoms with Crippen molar-refractivity contribution in [1.29, 1.82) is 0 Å². The van der Waals surface area contributed by atoms with Crippen LogP contribution >= 0.6 is 11.3 Å². The molecule has 6 nitrogen and oxygen atoms in total. The lowest BCUT2D eigenvalue weighted by Gasteiger charge is -2.20. The minimum absolute atomic E-state index is 0.0837. The number of phenols is 1. The zero-order chi connectivity index (χ0) is 22.5. The fourth-order valence-corrected chi connectivity index (χ4v) is 4.53. The van der Waals surface area contributed by atoms with E-state index in [0.717, 1.165) is 27.4 Å². The molecule has 0 saturated carbocycles. The highest BCUT2D eigenvalue weighted by atomic mass is 32.1. The SMILES string of the molecule is COc1ccc(C(CC(=O)NCCc2nc(C)cs2)c2ccc3cccnc3c2O)cc1. The van der Waals surface area contributed by atoms with Gasteiger partial charge in [-0.2, -0.15) is 0 Å². The van der Waals surface area contributed by atoms with Crippen molar-refractivity contribution in [3.8, 4) is 11.5 Å². The van der Waals surface area contributed by atoms with Gasteiger partial charge in [0, 0.05) is 53.5 Å². The summed E-state index contributed by atoms with van der Waals surface area (Å²) in [6.07, 6.45) is 2.55. The molecule has 0 saturated heterocycles. The lowest BCUT2D eigenvalue weighted by atomic mass is 9.87. The van der Waals surface area contributed by atoms with Crippen LogP contribution in [0.25, 0.3) is 10.9 Å². The molecule has 2 N–H and O–H groups in total. The number of fused-ring (bicyclic) bond motifs is 1. The van der Waals surface area contributed by atoms with E-state index in [1.54, 1.807) is 24.6 Å². The van der Waals surface area contributed by atoms with Crippen molar-refractivity contribution in [1.82, 2.24) is 15.3 Å². The van der Waals surface area contributed by atoms with Crippen molar-refractivity contribution in [2.75, 3.05) is 13.7 Å². The number of aryl methyl sites for hydroxylation is 1. The highest BCUT2D eigenvalue weighted by Gasteiger charge is 2.23. The monoisotopic (exact) mass is 447 g/mol. The van der Waals surface area contributed by atoms with Crippen molar-refractivity contribution in [3.05, 3.63) is 81.9 Å². The fourth-order valence-electron chi connectivity index (χ4n) is 3.75. The molecule has 0 aliphatic carbocycles. The van der Waals surface area contributed by atoms with Crippen LogP contribution in [0.1, 0.15) is 34.2 Å². The largest absolute Gasteiger partial charge is 0.505 e. The molecule has 0 bridgehead atoms. The Balaban J connectivity index is 1.57. The predicted octanol–water partition coefficient (Wildman–Crippen LogP) is 4.59. The first-order chi connectivity index (χ1) is 15.5. The number of carbonyl (C=O) groups excluding carboxylic acids is 1. The van der Waals surface area contributed by atoms with Crippen LogP contribution in [0.4, 0.5) is 0 Å². The predicted molar refractivity (Wildman–Crippen MR) is 126 cm³/mol. The zero-order valence-electron chi connectivity index (χ0n) is 18.0. The molecule has 1 amide bonds. The van der Waals surface area contributed by atoms with Crippen molar-refractivity contribution in [2.24, 2.45) is 0 Å². The Hall–Kier alpha value is -3.45. The quantitative estimate of drug-likeness (QED) is 0.413. The second kappa shape index (κ2) is 9.78. The number of benzene rings is 2. The van der Waals surface area contributed by atoms with Gasteiger partial charge in [0.1, 0.15) is 17.0 Å².